The van der Waals surface area contributed by atoms with Gasteiger partial charge in [0.1, 0.15) is 5.69 Å². The topological polar surface area (TPSA) is 73.8 Å². The quantitative estimate of drug-likeness (QED) is 0.774. The molecule has 0 unspecified atom stereocenters. The molecule has 2 heterocycles. The molecule has 76 valence electrons. The van der Waals surface area contributed by atoms with Crippen molar-refractivity contribution >= 4 is 5.91 Å². The largest absolute Gasteiger partial charge is 0.365 e. The number of pyridine rings is 1. The summed E-state index contributed by atoms with van der Waals surface area (Å²) in [5.41, 5.74) is 7.01. The lowest BCUT2D eigenvalue weighted by Crippen LogP contribution is -2.11. The van der Waals surface area contributed by atoms with E-state index in [1.807, 2.05) is 6.07 Å². The van der Waals surface area contributed by atoms with Crippen LogP contribution in [0.15, 0.2) is 30.7 Å². The van der Waals surface area contributed by atoms with Crippen LogP contribution in [0, 0.1) is 0 Å². The Morgan fingerprint density at radius 2 is 2.33 bits per heavy atom. The fourth-order valence-electron chi connectivity index (χ4n) is 1.38. The summed E-state index contributed by atoms with van der Waals surface area (Å²) in [7, 11) is 1.74. The summed E-state index contributed by atoms with van der Waals surface area (Å²) in [6.45, 7) is 0. The molecule has 15 heavy (non-hydrogen) atoms. The zero-order valence-electron chi connectivity index (χ0n) is 8.21. The molecule has 0 saturated heterocycles. The van der Waals surface area contributed by atoms with Crippen molar-refractivity contribution in [3.63, 3.8) is 0 Å². The number of nitrogens with two attached hydrogens (primary N) is 1. The van der Waals surface area contributed by atoms with Crippen LogP contribution in [0.25, 0.3) is 11.3 Å². The first-order valence-electron chi connectivity index (χ1n) is 4.42. The van der Waals surface area contributed by atoms with Crippen molar-refractivity contribution in [3.8, 4) is 11.3 Å². The molecule has 2 aromatic heterocycles. The van der Waals surface area contributed by atoms with E-state index in [1.54, 1.807) is 36.4 Å². The van der Waals surface area contributed by atoms with Crippen molar-refractivity contribution in [2.24, 2.45) is 12.8 Å². The summed E-state index contributed by atoms with van der Waals surface area (Å²) in [5.74, 6) is -0.484. The van der Waals surface area contributed by atoms with Crippen molar-refractivity contribution in [3.05, 3.63) is 36.3 Å². The van der Waals surface area contributed by atoms with Crippen LogP contribution in [0.3, 0.4) is 0 Å². The first kappa shape index (κ1) is 9.39. The second kappa shape index (κ2) is 3.53. The highest BCUT2D eigenvalue weighted by Crippen LogP contribution is 2.19. The number of hydrogen-bond donors (Lipinski definition) is 1. The second-order valence-electron chi connectivity index (χ2n) is 3.17. The Kier molecular flexibility index (Phi) is 2.21. The van der Waals surface area contributed by atoms with Gasteiger partial charge < -0.3 is 5.73 Å². The molecule has 5 heteroatoms. The van der Waals surface area contributed by atoms with Gasteiger partial charge in [-0.25, -0.2) is 0 Å². The van der Waals surface area contributed by atoms with Gasteiger partial charge in [0.25, 0.3) is 5.91 Å². The van der Waals surface area contributed by atoms with E-state index in [2.05, 4.69) is 10.1 Å². The summed E-state index contributed by atoms with van der Waals surface area (Å²) >= 11 is 0. The number of rotatable bonds is 2. The average molecular weight is 202 g/mol. The number of amides is 1. The summed E-state index contributed by atoms with van der Waals surface area (Å²) in [6.07, 6.45) is 4.91. The van der Waals surface area contributed by atoms with Gasteiger partial charge in [-0.1, -0.05) is 0 Å². The molecule has 0 radical (unpaired) electrons. The monoisotopic (exact) mass is 202 g/mol. The van der Waals surface area contributed by atoms with Gasteiger partial charge in [0.15, 0.2) is 0 Å². The summed E-state index contributed by atoms with van der Waals surface area (Å²) in [6, 6.07) is 3.62. The highest BCUT2D eigenvalue weighted by atomic mass is 16.1. The smallest absolute Gasteiger partial charge is 0.252 e. The van der Waals surface area contributed by atoms with Gasteiger partial charge in [-0.05, 0) is 12.1 Å². The highest BCUT2D eigenvalue weighted by Gasteiger charge is 2.14. The van der Waals surface area contributed by atoms with Crippen LogP contribution in [0.4, 0.5) is 0 Å². The van der Waals surface area contributed by atoms with E-state index in [9.17, 15) is 4.79 Å². The minimum absolute atomic E-state index is 0.408. The number of primary amides is 1. The lowest BCUT2D eigenvalue weighted by molar-refractivity contribution is 0.100. The Bertz CT molecular complexity index is 489. The molecule has 0 aliphatic rings. The van der Waals surface area contributed by atoms with Crippen molar-refractivity contribution in [2.45, 2.75) is 0 Å². The maximum atomic E-state index is 11.2. The first-order chi connectivity index (χ1) is 7.18. The molecule has 0 spiro atoms. The molecule has 0 atom stereocenters. The second-order valence-corrected chi connectivity index (χ2v) is 3.17. The van der Waals surface area contributed by atoms with E-state index in [0.717, 1.165) is 5.56 Å². The van der Waals surface area contributed by atoms with E-state index in [-0.39, 0.29) is 0 Å². The van der Waals surface area contributed by atoms with Crippen molar-refractivity contribution in [1.29, 1.82) is 0 Å². The third-order valence-corrected chi connectivity index (χ3v) is 2.03. The Balaban J connectivity index is 2.58. The van der Waals surface area contributed by atoms with Crippen molar-refractivity contribution in [2.75, 3.05) is 0 Å². The lowest BCUT2D eigenvalue weighted by Gasteiger charge is -1.97. The van der Waals surface area contributed by atoms with Gasteiger partial charge in [0.05, 0.1) is 5.56 Å². The third kappa shape index (κ3) is 1.71. The highest BCUT2D eigenvalue weighted by molar-refractivity contribution is 5.98. The molecule has 0 bridgehead atoms. The lowest BCUT2D eigenvalue weighted by atomic mass is 10.1. The molecule has 2 rings (SSSR count). The number of aromatic nitrogens is 3. The molecule has 0 aliphatic carbocycles. The van der Waals surface area contributed by atoms with E-state index < -0.39 is 5.91 Å². The molecule has 0 aliphatic heterocycles. The summed E-state index contributed by atoms with van der Waals surface area (Å²) in [5, 5.41) is 4.18. The van der Waals surface area contributed by atoms with E-state index >= 15 is 0 Å². The number of carbonyl (C=O) groups is 1. The predicted octanol–water partition coefficient (Wildman–Crippen LogP) is 0.581. The van der Waals surface area contributed by atoms with Gasteiger partial charge in [0.2, 0.25) is 0 Å². The summed E-state index contributed by atoms with van der Waals surface area (Å²) < 4.78 is 1.56. The number of aryl methyl sites for hydroxylation is 1. The molecule has 1 amide bonds. The fourth-order valence-corrected chi connectivity index (χ4v) is 1.38. The van der Waals surface area contributed by atoms with Crippen molar-refractivity contribution in [1.82, 2.24) is 14.8 Å². The van der Waals surface area contributed by atoms with Crippen LogP contribution in [0.5, 0.6) is 0 Å². The molecular formula is C10H10N4O. The zero-order chi connectivity index (χ0) is 10.8. The fraction of sp³-hybridized carbons (Fsp3) is 0.100. The van der Waals surface area contributed by atoms with Crippen LogP contribution in [0.2, 0.25) is 0 Å². The van der Waals surface area contributed by atoms with Crippen LogP contribution in [0.1, 0.15) is 10.4 Å². The van der Waals surface area contributed by atoms with Gasteiger partial charge in [-0.3, -0.25) is 14.5 Å². The molecule has 0 fully saturated rings. The molecule has 0 saturated carbocycles. The third-order valence-electron chi connectivity index (χ3n) is 2.03. The Labute approximate surface area is 86.5 Å². The van der Waals surface area contributed by atoms with Crippen molar-refractivity contribution < 1.29 is 4.79 Å². The van der Waals surface area contributed by atoms with E-state index in [1.165, 1.54) is 0 Å². The molecule has 5 nitrogen and oxygen atoms in total. The van der Waals surface area contributed by atoms with Gasteiger partial charge in [0, 0.05) is 31.2 Å². The molecule has 2 N–H and O–H groups in total. The van der Waals surface area contributed by atoms with E-state index in [4.69, 9.17) is 5.73 Å². The number of hydrogen-bond acceptors (Lipinski definition) is 3. The normalized spacial score (nSPS) is 10.2. The maximum Gasteiger partial charge on any atom is 0.252 e. The standard InChI is InChI=1S/C10H10N4O/c1-14-6-8(10(11)15)9(13-14)7-3-2-4-12-5-7/h2-6H,1H3,(H2,11,15). The molecule has 2 aromatic rings. The number of nitrogens with zero attached hydrogens (tertiary/aromatic N) is 3. The Morgan fingerprint density at radius 3 is 2.93 bits per heavy atom. The molecule has 0 aromatic carbocycles. The maximum absolute atomic E-state index is 11.2. The Hall–Kier alpha value is -2.17. The zero-order valence-corrected chi connectivity index (χ0v) is 8.21. The van der Waals surface area contributed by atoms with Gasteiger partial charge in [-0.15, -0.1) is 0 Å². The van der Waals surface area contributed by atoms with Crippen LogP contribution < -0.4 is 5.73 Å². The minimum atomic E-state index is -0.484. The van der Waals surface area contributed by atoms with Crippen LogP contribution >= 0.6 is 0 Å². The predicted molar refractivity (Wildman–Crippen MR) is 55.0 cm³/mol. The van der Waals surface area contributed by atoms with Gasteiger partial charge in [-0.2, -0.15) is 5.10 Å². The minimum Gasteiger partial charge on any atom is -0.365 e. The van der Waals surface area contributed by atoms with Gasteiger partial charge >= 0.3 is 0 Å². The SMILES string of the molecule is Cn1cc(C(N)=O)c(-c2cccnc2)n1. The average Bonchev–Trinajstić information content (AvgIpc) is 2.62. The van der Waals surface area contributed by atoms with Crippen LogP contribution in [-0.2, 0) is 7.05 Å². The first-order valence-corrected chi connectivity index (χ1v) is 4.42. The summed E-state index contributed by atoms with van der Waals surface area (Å²) in [4.78, 5) is 15.1. The van der Waals surface area contributed by atoms with E-state index in [0.29, 0.717) is 11.3 Å². The Morgan fingerprint density at radius 1 is 1.53 bits per heavy atom. The molecular weight excluding hydrogens is 192 g/mol. The van der Waals surface area contributed by atoms with Crippen LogP contribution in [-0.4, -0.2) is 20.7 Å². The number of carbonyl (C=O) groups excluding carboxylic acids is 1.